The lowest BCUT2D eigenvalue weighted by Crippen LogP contribution is -2.48. The smallest absolute Gasteiger partial charge is 0.330 e. The van der Waals surface area contributed by atoms with Gasteiger partial charge in [0.1, 0.15) is 17.3 Å². The maximum absolute atomic E-state index is 13.2. The molecule has 1 saturated heterocycles. The van der Waals surface area contributed by atoms with E-state index in [-0.39, 0.29) is 5.92 Å². The van der Waals surface area contributed by atoms with Crippen molar-refractivity contribution in [2.45, 2.75) is 72.4 Å². The molecule has 0 bridgehead atoms. The van der Waals surface area contributed by atoms with Crippen LogP contribution in [0.15, 0.2) is 9.59 Å². The Bertz CT molecular complexity index is 764. The standard InChI is InChI=1S/C19H31N3O4/c1-12(2)14(17(24)26-19(4,5)6)22-16(23)15(13(3)20-18(22)25)21-10-8-7-9-11-21/h12,14H,7-11H2,1-6H3,(H,20,25)/t14-/m0/s1. The largest absolute Gasteiger partial charge is 0.458 e. The third-order valence-corrected chi connectivity index (χ3v) is 4.52. The molecule has 1 aromatic heterocycles. The minimum absolute atomic E-state index is 0.263. The summed E-state index contributed by atoms with van der Waals surface area (Å²) in [5, 5.41) is 0. The maximum Gasteiger partial charge on any atom is 0.330 e. The van der Waals surface area contributed by atoms with Gasteiger partial charge in [0.15, 0.2) is 0 Å². The fourth-order valence-electron chi connectivity index (χ4n) is 3.43. The normalized spacial score (nSPS) is 16.7. The minimum Gasteiger partial charge on any atom is -0.458 e. The van der Waals surface area contributed by atoms with Crippen molar-refractivity contribution in [3.05, 3.63) is 26.5 Å². The van der Waals surface area contributed by atoms with Crippen molar-refractivity contribution in [3.8, 4) is 0 Å². The molecule has 0 aromatic carbocycles. The van der Waals surface area contributed by atoms with E-state index in [9.17, 15) is 14.4 Å². The second kappa shape index (κ2) is 7.68. The number of ether oxygens (including phenoxy) is 1. The van der Waals surface area contributed by atoms with Crippen molar-refractivity contribution in [2.75, 3.05) is 18.0 Å². The van der Waals surface area contributed by atoms with Crippen molar-refractivity contribution >= 4 is 11.7 Å². The highest BCUT2D eigenvalue weighted by Gasteiger charge is 2.33. The average Bonchev–Trinajstić information content (AvgIpc) is 2.49. The van der Waals surface area contributed by atoms with Crippen LogP contribution in [0.4, 0.5) is 5.69 Å². The maximum atomic E-state index is 13.2. The quantitative estimate of drug-likeness (QED) is 0.828. The molecule has 26 heavy (non-hydrogen) atoms. The molecule has 1 atom stereocenters. The summed E-state index contributed by atoms with van der Waals surface area (Å²) in [5.74, 6) is -0.825. The highest BCUT2D eigenvalue weighted by Crippen LogP contribution is 2.23. The monoisotopic (exact) mass is 365 g/mol. The van der Waals surface area contributed by atoms with Gasteiger partial charge in [0.2, 0.25) is 0 Å². The van der Waals surface area contributed by atoms with Crippen molar-refractivity contribution in [2.24, 2.45) is 5.92 Å². The van der Waals surface area contributed by atoms with Crippen molar-refractivity contribution in [1.29, 1.82) is 0 Å². The Morgan fingerprint density at radius 2 is 1.69 bits per heavy atom. The van der Waals surface area contributed by atoms with Crippen LogP contribution in [0.2, 0.25) is 0 Å². The average molecular weight is 365 g/mol. The van der Waals surface area contributed by atoms with Crippen LogP contribution in [0.1, 0.15) is 65.6 Å². The van der Waals surface area contributed by atoms with Crippen LogP contribution in [-0.2, 0) is 9.53 Å². The second-order valence-corrected chi connectivity index (χ2v) is 8.35. The van der Waals surface area contributed by atoms with Gasteiger partial charge in [-0.15, -0.1) is 0 Å². The Balaban J connectivity index is 2.57. The lowest BCUT2D eigenvalue weighted by molar-refractivity contribution is -0.160. The molecular weight excluding hydrogens is 334 g/mol. The molecule has 0 radical (unpaired) electrons. The van der Waals surface area contributed by atoms with E-state index in [0.29, 0.717) is 11.4 Å². The Morgan fingerprint density at radius 1 is 1.12 bits per heavy atom. The van der Waals surface area contributed by atoms with Gasteiger partial charge in [-0.1, -0.05) is 13.8 Å². The number of hydrogen-bond donors (Lipinski definition) is 1. The number of carbonyl (C=O) groups excluding carboxylic acids is 1. The fraction of sp³-hybridized carbons (Fsp3) is 0.737. The lowest BCUT2D eigenvalue weighted by atomic mass is 10.0. The van der Waals surface area contributed by atoms with E-state index in [4.69, 9.17) is 4.74 Å². The van der Waals surface area contributed by atoms with E-state index < -0.39 is 28.9 Å². The zero-order valence-electron chi connectivity index (χ0n) is 16.7. The van der Waals surface area contributed by atoms with Crippen LogP contribution < -0.4 is 16.1 Å². The number of nitrogens with zero attached hydrogens (tertiary/aromatic N) is 2. The van der Waals surface area contributed by atoms with Crippen LogP contribution in [0.25, 0.3) is 0 Å². The molecule has 0 spiro atoms. The molecule has 1 N–H and O–H groups in total. The summed E-state index contributed by atoms with van der Waals surface area (Å²) >= 11 is 0. The molecule has 1 aliphatic heterocycles. The number of esters is 1. The number of hydrogen-bond acceptors (Lipinski definition) is 5. The number of aromatic amines is 1. The molecule has 0 amide bonds. The number of rotatable bonds is 4. The van der Waals surface area contributed by atoms with Gasteiger partial charge in [0, 0.05) is 18.8 Å². The molecular formula is C19H31N3O4. The number of anilines is 1. The summed E-state index contributed by atoms with van der Waals surface area (Å²) in [4.78, 5) is 43.3. The minimum atomic E-state index is -0.963. The summed E-state index contributed by atoms with van der Waals surface area (Å²) in [6, 6.07) is -0.963. The molecule has 1 aromatic rings. The number of aromatic nitrogens is 2. The predicted molar refractivity (Wildman–Crippen MR) is 102 cm³/mol. The summed E-state index contributed by atoms with van der Waals surface area (Å²) in [5.41, 5.74) is -0.653. The SMILES string of the molecule is Cc1[nH]c(=O)n([C@H](C(=O)OC(C)(C)C)C(C)C)c(=O)c1N1CCCCC1. The van der Waals surface area contributed by atoms with Gasteiger partial charge in [-0.05, 0) is 52.9 Å². The van der Waals surface area contributed by atoms with Crippen LogP contribution in [-0.4, -0.2) is 34.2 Å². The molecule has 146 valence electrons. The molecule has 0 unspecified atom stereocenters. The lowest BCUT2D eigenvalue weighted by Gasteiger charge is -2.31. The molecule has 1 fully saturated rings. The summed E-state index contributed by atoms with van der Waals surface area (Å²) in [7, 11) is 0. The van der Waals surface area contributed by atoms with Gasteiger partial charge < -0.3 is 14.6 Å². The molecule has 2 rings (SSSR count). The number of piperidine rings is 1. The van der Waals surface area contributed by atoms with Crippen molar-refractivity contribution in [1.82, 2.24) is 9.55 Å². The summed E-state index contributed by atoms with van der Waals surface area (Å²) in [6.45, 7) is 12.2. The number of H-pyrrole nitrogens is 1. The molecule has 1 aliphatic rings. The third kappa shape index (κ3) is 4.37. The molecule has 7 heteroatoms. The molecule has 0 aliphatic carbocycles. The molecule has 2 heterocycles. The Kier molecular flexibility index (Phi) is 5.98. The Labute approximate surface area is 154 Å². The molecule has 0 saturated carbocycles. The number of nitrogens with one attached hydrogen (secondary N) is 1. The van der Waals surface area contributed by atoms with Crippen LogP contribution in [0.5, 0.6) is 0 Å². The first kappa shape index (κ1) is 20.3. The first-order valence-corrected chi connectivity index (χ1v) is 9.36. The highest BCUT2D eigenvalue weighted by atomic mass is 16.6. The van der Waals surface area contributed by atoms with E-state index in [1.807, 2.05) is 4.90 Å². The fourth-order valence-corrected chi connectivity index (χ4v) is 3.43. The first-order chi connectivity index (χ1) is 12.0. The van der Waals surface area contributed by atoms with Crippen LogP contribution >= 0.6 is 0 Å². The third-order valence-electron chi connectivity index (χ3n) is 4.52. The van der Waals surface area contributed by atoms with Gasteiger partial charge in [0.05, 0.1) is 0 Å². The van der Waals surface area contributed by atoms with E-state index in [1.165, 1.54) is 0 Å². The Hall–Kier alpha value is -2.05. The zero-order valence-corrected chi connectivity index (χ0v) is 16.7. The van der Waals surface area contributed by atoms with Crippen LogP contribution in [0.3, 0.4) is 0 Å². The number of aryl methyl sites for hydroxylation is 1. The van der Waals surface area contributed by atoms with Gasteiger partial charge >= 0.3 is 11.7 Å². The van der Waals surface area contributed by atoms with Gasteiger partial charge in [-0.3, -0.25) is 4.79 Å². The molecule has 7 nitrogen and oxygen atoms in total. The second-order valence-electron chi connectivity index (χ2n) is 8.35. The Morgan fingerprint density at radius 3 is 2.19 bits per heavy atom. The summed E-state index contributed by atoms with van der Waals surface area (Å²) in [6.07, 6.45) is 3.16. The van der Waals surface area contributed by atoms with Crippen molar-refractivity contribution in [3.63, 3.8) is 0 Å². The van der Waals surface area contributed by atoms with E-state index in [2.05, 4.69) is 4.98 Å². The van der Waals surface area contributed by atoms with Gasteiger partial charge in [0.25, 0.3) is 5.56 Å². The van der Waals surface area contributed by atoms with Crippen molar-refractivity contribution < 1.29 is 9.53 Å². The van der Waals surface area contributed by atoms with E-state index in [1.54, 1.807) is 41.5 Å². The summed E-state index contributed by atoms with van der Waals surface area (Å²) < 4.78 is 6.51. The highest BCUT2D eigenvalue weighted by molar-refractivity contribution is 5.75. The van der Waals surface area contributed by atoms with Gasteiger partial charge in [-0.2, -0.15) is 0 Å². The number of carbonyl (C=O) groups is 1. The zero-order chi connectivity index (χ0) is 19.6. The predicted octanol–water partition coefficient (Wildman–Crippen LogP) is 2.37. The van der Waals surface area contributed by atoms with E-state index >= 15 is 0 Å². The topological polar surface area (TPSA) is 84.4 Å². The van der Waals surface area contributed by atoms with Gasteiger partial charge in [-0.25, -0.2) is 14.2 Å². The van der Waals surface area contributed by atoms with Crippen LogP contribution in [0, 0.1) is 12.8 Å². The van der Waals surface area contributed by atoms with E-state index in [0.717, 1.165) is 36.9 Å². The first-order valence-electron chi connectivity index (χ1n) is 9.36.